The van der Waals surface area contributed by atoms with Crippen molar-refractivity contribution >= 4 is 48.8 Å². The van der Waals surface area contributed by atoms with Gasteiger partial charge in [-0.25, -0.2) is 26.8 Å². The first-order valence-corrected chi connectivity index (χ1v) is 23.7. The molecule has 0 aliphatic heterocycles. The zero-order valence-corrected chi connectivity index (χ0v) is 38.5. The second-order valence-electron chi connectivity index (χ2n) is 15.4. The van der Waals surface area contributed by atoms with E-state index in [1.54, 1.807) is 60.7 Å². The number of sulfonamides is 2. The molecule has 0 saturated carbocycles. The number of benzene rings is 6. The second-order valence-corrected chi connectivity index (χ2v) is 18.7. The average molecular weight is 971 g/mol. The molecule has 0 saturated heterocycles. The summed E-state index contributed by atoms with van der Waals surface area (Å²) in [5, 5.41) is 39.9. The number of aromatic nitrogens is 2. The van der Waals surface area contributed by atoms with Crippen molar-refractivity contribution in [1.29, 1.82) is 10.5 Å². The molecule has 0 aliphatic carbocycles. The third-order valence-electron chi connectivity index (χ3n) is 11.0. The van der Waals surface area contributed by atoms with Gasteiger partial charge in [0.1, 0.15) is 34.9 Å². The van der Waals surface area contributed by atoms with Gasteiger partial charge in [0.05, 0.1) is 35.4 Å². The number of ketones is 1. The highest BCUT2D eigenvalue weighted by Crippen LogP contribution is 2.38. The number of phenolic OH excluding ortho intramolecular Hbond substituents is 2. The number of carbonyl (C=O) groups is 1. The van der Waals surface area contributed by atoms with Crippen molar-refractivity contribution in [3.05, 3.63) is 168 Å². The summed E-state index contributed by atoms with van der Waals surface area (Å²) in [6.45, 7) is 0. The Hall–Kier alpha value is -9.43. The zero-order valence-electron chi connectivity index (χ0n) is 36.9. The fourth-order valence-corrected chi connectivity index (χ4v) is 9.64. The topological polar surface area (TPSA) is 294 Å². The van der Waals surface area contributed by atoms with Gasteiger partial charge in [0.15, 0.2) is 28.8 Å². The Morgan fingerprint density at radius 3 is 1.27 bits per heavy atom. The van der Waals surface area contributed by atoms with Crippen LogP contribution < -0.4 is 30.4 Å². The monoisotopic (exact) mass is 970 g/mol. The standard InChI is InChI=1S/C51H38N8O9S2/c1-67-47-23-31(13-19-45(47)60)39-25-43(56-50(54)41(39)27-52)29-9-15-35(16-10-29)58-69(63,64)37-7-3-5-33(21-37)49(62)34-6-4-8-38(22-34)70(65,66)59-36-17-11-30(12-18-36)44-26-40(42(28-53)51(55)57-44)32-14-20-46(61)48(24-32)68-2/h3-26,58-61H,1-2H3,(H2,54,56)(H2,55,57). The number of hydrogen-bond donors (Lipinski definition) is 6. The van der Waals surface area contributed by atoms with E-state index >= 15 is 0 Å². The average Bonchev–Trinajstić information content (AvgIpc) is 3.36. The van der Waals surface area contributed by atoms with Crippen molar-refractivity contribution in [2.75, 3.05) is 35.1 Å². The van der Waals surface area contributed by atoms with Crippen LogP contribution in [0.15, 0.2) is 155 Å². The maximum absolute atomic E-state index is 13.8. The van der Waals surface area contributed by atoms with Crippen LogP contribution in [-0.2, 0) is 20.0 Å². The number of aromatic hydroxyl groups is 2. The largest absolute Gasteiger partial charge is 0.504 e. The van der Waals surface area contributed by atoms with E-state index in [0.29, 0.717) is 44.8 Å². The summed E-state index contributed by atoms with van der Waals surface area (Å²) in [6.07, 6.45) is 0. The highest BCUT2D eigenvalue weighted by atomic mass is 32.2. The Morgan fingerprint density at radius 1 is 0.543 bits per heavy atom. The molecule has 8 rings (SSSR count). The first-order chi connectivity index (χ1) is 33.5. The number of ether oxygens (including phenoxy) is 2. The molecule has 0 aliphatic rings. The fraction of sp³-hybridized carbons (Fsp3) is 0.0392. The summed E-state index contributed by atoms with van der Waals surface area (Å²) in [5.74, 6) is -0.498. The smallest absolute Gasteiger partial charge is 0.261 e. The molecule has 17 nitrogen and oxygen atoms in total. The number of hydrogen-bond acceptors (Lipinski definition) is 15. The number of rotatable bonds is 14. The molecule has 6 aromatic carbocycles. The van der Waals surface area contributed by atoms with Gasteiger partial charge in [0.25, 0.3) is 20.0 Å². The summed E-state index contributed by atoms with van der Waals surface area (Å²) in [5.41, 5.74) is 16.7. The minimum Gasteiger partial charge on any atom is -0.504 e. The lowest BCUT2D eigenvalue weighted by Gasteiger charge is -2.13. The lowest BCUT2D eigenvalue weighted by molar-refractivity contribution is 0.103. The molecule has 0 radical (unpaired) electrons. The van der Waals surface area contributed by atoms with Crippen molar-refractivity contribution in [2.45, 2.75) is 9.79 Å². The number of nitrogens with one attached hydrogen (secondary N) is 2. The molecule has 0 bridgehead atoms. The number of anilines is 4. The number of nitrogens with two attached hydrogens (primary N) is 2. The van der Waals surface area contributed by atoms with Crippen LogP contribution in [0.1, 0.15) is 27.0 Å². The van der Waals surface area contributed by atoms with Gasteiger partial charge in [-0.05, 0) is 96.1 Å². The van der Waals surface area contributed by atoms with Gasteiger partial charge in [-0.2, -0.15) is 10.5 Å². The van der Waals surface area contributed by atoms with Crippen LogP contribution in [0.25, 0.3) is 44.8 Å². The fourth-order valence-electron chi connectivity index (χ4n) is 7.43. The summed E-state index contributed by atoms with van der Waals surface area (Å²) in [4.78, 5) is 22.1. The van der Waals surface area contributed by atoms with Gasteiger partial charge < -0.3 is 31.2 Å². The molecule has 19 heteroatoms. The van der Waals surface area contributed by atoms with Crippen molar-refractivity contribution < 1.29 is 41.3 Å². The molecule has 2 heterocycles. The number of methoxy groups -OCH3 is 2. The van der Waals surface area contributed by atoms with Gasteiger partial charge in [-0.3, -0.25) is 14.2 Å². The molecule has 70 heavy (non-hydrogen) atoms. The van der Waals surface area contributed by atoms with Crippen LogP contribution in [0.5, 0.6) is 23.0 Å². The summed E-state index contributed by atoms with van der Waals surface area (Å²) in [7, 11) is -5.72. The highest BCUT2D eigenvalue weighted by molar-refractivity contribution is 7.93. The van der Waals surface area contributed by atoms with Crippen molar-refractivity contribution in [1.82, 2.24) is 9.97 Å². The number of nitrogens with zero attached hydrogens (tertiary/aromatic N) is 4. The zero-order chi connectivity index (χ0) is 49.9. The molecule has 0 fully saturated rings. The van der Waals surface area contributed by atoms with Crippen molar-refractivity contribution in [3.63, 3.8) is 0 Å². The predicted octanol–water partition coefficient (Wildman–Crippen LogP) is 8.31. The summed E-state index contributed by atoms with van der Waals surface area (Å²) < 4.78 is 70.0. The van der Waals surface area contributed by atoms with Crippen LogP contribution >= 0.6 is 0 Å². The van der Waals surface area contributed by atoms with E-state index in [0.717, 1.165) is 0 Å². The molecule has 0 unspecified atom stereocenters. The Kier molecular flexibility index (Phi) is 12.8. The molecule has 8 N–H and O–H groups in total. The molecule has 8 aromatic rings. The number of nitriles is 2. The van der Waals surface area contributed by atoms with E-state index in [-0.39, 0.29) is 78.1 Å². The Morgan fingerprint density at radius 2 is 0.914 bits per heavy atom. The lowest BCUT2D eigenvalue weighted by Crippen LogP contribution is -2.15. The number of pyridine rings is 2. The van der Waals surface area contributed by atoms with Gasteiger partial charge in [0.2, 0.25) is 0 Å². The van der Waals surface area contributed by atoms with Gasteiger partial charge >= 0.3 is 0 Å². The maximum atomic E-state index is 13.8. The molecule has 0 spiro atoms. The Labute approximate surface area is 401 Å². The molecule has 2 aromatic heterocycles. The molecular formula is C51H38N8O9S2. The van der Waals surface area contributed by atoms with E-state index in [1.165, 1.54) is 99.1 Å². The number of phenols is 2. The highest BCUT2D eigenvalue weighted by Gasteiger charge is 2.22. The first-order valence-electron chi connectivity index (χ1n) is 20.7. The van der Waals surface area contributed by atoms with E-state index in [2.05, 4.69) is 31.6 Å². The third kappa shape index (κ3) is 9.55. The van der Waals surface area contributed by atoms with E-state index in [4.69, 9.17) is 20.9 Å². The van der Waals surface area contributed by atoms with Gasteiger partial charge in [0, 0.05) is 44.8 Å². The first kappa shape index (κ1) is 47.1. The van der Waals surface area contributed by atoms with E-state index < -0.39 is 25.8 Å². The number of carbonyl (C=O) groups excluding carboxylic acids is 1. The SMILES string of the molecule is COc1cc(-c2cc(-c3ccc(NS(=O)(=O)c4cccc(C(=O)c5cccc(S(=O)(=O)Nc6ccc(-c7cc(-c8ccc(O)c(OC)c8)c(C#N)c(N)n7)cc6)c5)c4)cc3)nc(N)c2C#N)ccc1O. The second kappa shape index (κ2) is 19.1. The molecule has 0 atom stereocenters. The van der Waals surface area contributed by atoms with E-state index in [1.807, 2.05) is 0 Å². The normalized spacial score (nSPS) is 11.2. The summed E-state index contributed by atoms with van der Waals surface area (Å²) in [6, 6.07) is 39.7. The van der Waals surface area contributed by atoms with Gasteiger partial charge in [-0.1, -0.05) is 60.7 Å². The lowest BCUT2D eigenvalue weighted by atomic mass is 9.98. The Bertz CT molecular complexity index is 3460. The van der Waals surface area contributed by atoms with Crippen LogP contribution in [0.3, 0.4) is 0 Å². The van der Waals surface area contributed by atoms with Crippen molar-refractivity contribution in [2.24, 2.45) is 0 Å². The van der Waals surface area contributed by atoms with Crippen LogP contribution in [0.2, 0.25) is 0 Å². The van der Waals surface area contributed by atoms with Crippen LogP contribution in [0.4, 0.5) is 23.0 Å². The summed E-state index contributed by atoms with van der Waals surface area (Å²) >= 11 is 0. The molecule has 348 valence electrons. The van der Waals surface area contributed by atoms with E-state index in [9.17, 15) is 42.4 Å². The molecule has 0 amide bonds. The third-order valence-corrected chi connectivity index (χ3v) is 13.7. The quantitative estimate of drug-likeness (QED) is 0.0558. The molecular weight excluding hydrogens is 933 g/mol. The van der Waals surface area contributed by atoms with Crippen LogP contribution in [0, 0.1) is 22.7 Å². The number of nitrogen functional groups attached to an aromatic ring is 2. The van der Waals surface area contributed by atoms with Gasteiger partial charge in [-0.15, -0.1) is 0 Å². The maximum Gasteiger partial charge on any atom is 0.261 e. The van der Waals surface area contributed by atoms with Crippen LogP contribution in [-0.4, -0.2) is 57.0 Å². The minimum atomic E-state index is -4.26. The Balaban J connectivity index is 0.968. The predicted molar refractivity (Wildman–Crippen MR) is 263 cm³/mol. The minimum absolute atomic E-state index is 0.0207. The van der Waals surface area contributed by atoms with Crippen molar-refractivity contribution in [3.8, 4) is 79.9 Å².